The minimum Gasteiger partial charge on any atom is -0.469 e. The monoisotopic (exact) mass is 213 g/mol. The first-order chi connectivity index (χ1) is 7.26. The van der Waals surface area contributed by atoms with E-state index in [4.69, 9.17) is 9.47 Å². The zero-order valence-corrected chi connectivity index (χ0v) is 9.25. The summed E-state index contributed by atoms with van der Waals surface area (Å²) in [6.45, 7) is 1.87. The first kappa shape index (κ1) is 10.9. The van der Waals surface area contributed by atoms with Crippen LogP contribution in [0.1, 0.15) is 32.1 Å². The molecule has 1 aliphatic carbocycles. The molecule has 1 N–H and O–H groups in total. The fourth-order valence-corrected chi connectivity index (χ4v) is 2.51. The number of esters is 1. The second kappa shape index (κ2) is 4.49. The van der Waals surface area contributed by atoms with Crippen LogP contribution in [-0.4, -0.2) is 32.0 Å². The second-order valence-electron chi connectivity index (χ2n) is 4.42. The van der Waals surface area contributed by atoms with E-state index in [2.05, 4.69) is 5.32 Å². The smallest absolute Gasteiger partial charge is 0.308 e. The Hall–Kier alpha value is -0.610. The third-order valence-corrected chi connectivity index (χ3v) is 3.47. The predicted molar refractivity (Wildman–Crippen MR) is 55.3 cm³/mol. The first-order valence-electron chi connectivity index (χ1n) is 5.73. The fraction of sp³-hybridized carbons (Fsp3) is 0.909. The van der Waals surface area contributed by atoms with Gasteiger partial charge in [-0.15, -0.1) is 0 Å². The van der Waals surface area contributed by atoms with Gasteiger partial charge in [0.1, 0.15) is 5.72 Å². The van der Waals surface area contributed by atoms with Gasteiger partial charge < -0.3 is 9.47 Å². The molecule has 0 radical (unpaired) electrons. The predicted octanol–water partition coefficient (Wildman–Crippen LogP) is 1.06. The van der Waals surface area contributed by atoms with Crippen LogP contribution < -0.4 is 5.32 Å². The lowest BCUT2D eigenvalue weighted by atomic mass is 9.83. The van der Waals surface area contributed by atoms with E-state index < -0.39 is 0 Å². The molecule has 86 valence electrons. The first-order valence-corrected chi connectivity index (χ1v) is 5.73. The SMILES string of the molecule is COC(=O)C1CCC2(CC1)NCCCO2. The van der Waals surface area contributed by atoms with Gasteiger partial charge in [-0.2, -0.15) is 0 Å². The quantitative estimate of drug-likeness (QED) is 0.661. The van der Waals surface area contributed by atoms with Crippen LogP contribution in [0.25, 0.3) is 0 Å². The van der Waals surface area contributed by atoms with Crippen LogP contribution in [0.4, 0.5) is 0 Å². The molecule has 0 amide bonds. The van der Waals surface area contributed by atoms with E-state index in [0.717, 1.165) is 45.3 Å². The van der Waals surface area contributed by atoms with Crippen molar-refractivity contribution in [3.8, 4) is 0 Å². The molecule has 2 rings (SSSR count). The van der Waals surface area contributed by atoms with Crippen molar-refractivity contribution >= 4 is 5.97 Å². The molecule has 0 atom stereocenters. The van der Waals surface area contributed by atoms with Gasteiger partial charge in [-0.25, -0.2) is 0 Å². The highest BCUT2D eigenvalue weighted by molar-refractivity contribution is 5.72. The van der Waals surface area contributed by atoms with Gasteiger partial charge in [0.05, 0.1) is 19.6 Å². The molecule has 15 heavy (non-hydrogen) atoms. The van der Waals surface area contributed by atoms with E-state index in [9.17, 15) is 4.79 Å². The van der Waals surface area contributed by atoms with E-state index in [1.807, 2.05) is 0 Å². The highest BCUT2D eigenvalue weighted by Gasteiger charge is 2.39. The lowest BCUT2D eigenvalue weighted by Crippen LogP contribution is -2.54. The summed E-state index contributed by atoms with van der Waals surface area (Å²) in [6.07, 6.45) is 4.68. The number of nitrogens with one attached hydrogen (secondary N) is 1. The van der Waals surface area contributed by atoms with Crippen molar-refractivity contribution in [1.82, 2.24) is 5.32 Å². The highest BCUT2D eigenvalue weighted by Crippen LogP contribution is 2.34. The summed E-state index contributed by atoms with van der Waals surface area (Å²) in [5.74, 6) is 0.00797. The van der Waals surface area contributed by atoms with Gasteiger partial charge in [0.25, 0.3) is 0 Å². The maximum atomic E-state index is 11.4. The largest absolute Gasteiger partial charge is 0.469 e. The van der Waals surface area contributed by atoms with Gasteiger partial charge in [0, 0.05) is 0 Å². The summed E-state index contributed by atoms with van der Waals surface area (Å²) in [4.78, 5) is 11.4. The van der Waals surface area contributed by atoms with Crippen molar-refractivity contribution < 1.29 is 14.3 Å². The molecular formula is C11H19NO3. The average Bonchev–Trinajstić information content (AvgIpc) is 2.30. The van der Waals surface area contributed by atoms with Crippen molar-refractivity contribution in [1.29, 1.82) is 0 Å². The van der Waals surface area contributed by atoms with Gasteiger partial charge >= 0.3 is 5.97 Å². The summed E-state index contributed by atoms with van der Waals surface area (Å²) in [5.41, 5.74) is -0.136. The molecule has 4 heteroatoms. The Kier molecular flexibility index (Phi) is 3.26. The summed E-state index contributed by atoms with van der Waals surface area (Å²) in [5, 5.41) is 3.44. The summed E-state index contributed by atoms with van der Waals surface area (Å²) < 4.78 is 10.6. The molecule has 1 saturated carbocycles. The van der Waals surface area contributed by atoms with Crippen LogP contribution in [0.2, 0.25) is 0 Å². The number of ether oxygens (including phenoxy) is 2. The van der Waals surface area contributed by atoms with Crippen LogP contribution in [0.3, 0.4) is 0 Å². The Morgan fingerprint density at radius 3 is 2.73 bits per heavy atom. The molecule has 1 heterocycles. The van der Waals surface area contributed by atoms with Crippen LogP contribution in [0.5, 0.6) is 0 Å². The maximum absolute atomic E-state index is 11.4. The molecular weight excluding hydrogens is 194 g/mol. The number of methoxy groups -OCH3 is 1. The van der Waals surface area contributed by atoms with Crippen molar-refractivity contribution in [2.75, 3.05) is 20.3 Å². The zero-order chi connectivity index (χ0) is 10.7. The minimum absolute atomic E-state index is 0.0688. The van der Waals surface area contributed by atoms with E-state index >= 15 is 0 Å². The third kappa shape index (κ3) is 2.32. The summed E-state index contributed by atoms with van der Waals surface area (Å²) in [7, 11) is 1.46. The molecule has 0 aromatic rings. The second-order valence-corrected chi connectivity index (χ2v) is 4.42. The number of rotatable bonds is 1. The van der Waals surface area contributed by atoms with Crippen LogP contribution in [0.15, 0.2) is 0 Å². The van der Waals surface area contributed by atoms with Gasteiger partial charge in [0.2, 0.25) is 0 Å². The molecule has 0 aromatic carbocycles. The zero-order valence-electron chi connectivity index (χ0n) is 9.25. The van der Waals surface area contributed by atoms with Crippen LogP contribution in [-0.2, 0) is 14.3 Å². The van der Waals surface area contributed by atoms with Gasteiger partial charge in [-0.1, -0.05) is 0 Å². The van der Waals surface area contributed by atoms with Gasteiger partial charge in [0.15, 0.2) is 0 Å². The molecule has 0 aromatic heterocycles. The highest BCUT2D eigenvalue weighted by atomic mass is 16.5. The van der Waals surface area contributed by atoms with Crippen molar-refractivity contribution in [2.45, 2.75) is 37.8 Å². The molecule has 1 saturated heterocycles. The third-order valence-electron chi connectivity index (χ3n) is 3.47. The topological polar surface area (TPSA) is 47.6 Å². The molecule has 2 aliphatic rings. The molecule has 1 spiro atoms. The molecule has 2 fully saturated rings. The maximum Gasteiger partial charge on any atom is 0.308 e. The number of hydrogen-bond acceptors (Lipinski definition) is 4. The Balaban J connectivity index is 1.88. The molecule has 0 unspecified atom stereocenters. The number of carbonyl (C=O) groups excluding carboxylic acids is 1. The van der Waals surface area contributed by atoms with E-state index in [0.29, 0.717) is 0 Å². The van der Waals surface area contributed by atoms with Gasteiger partial charge in [-0.3, -0.25) is 10.1 Å². The Bertz CT molecular complexity index is 226. The van der Waals surface area contributed by atoms with Crippen molar-refractivity contribution in [3.05, 3.63) is 0 Å². The minimum atomic E-state index is -0.136. The van der Waals surface area contributed by atoms with Gasteiger partial charge in [-0.05, 0) is 38.6 Å². The standard InChI is InChI=1S/C11H19NO3/c1-14-10(13)9-3-5-11(6-4-9)12-7-2-8-15-11/h9,12H,2-8H2,1H3. The Labute approximate surface area is 90.3 Å². The Morgan fingerprint density at radius 1 is 1.47 bits per heavy atom. The molecule has 4 nitrogen and oxygen atoms in total. The molecule has 1 aliphatic heterocycles. The van der Waals surface area contributed by atoms with Crippen LogP contribution in [0, 0.1) is 5.92 Å². The lowest BCUT2D eigenvalue weighted by molar-refractivity contribution is -0.154. The van der Waals surface area contributed by atoms with Crippen molar-refractivity contribution in [2.24, 2.45) is 5.92 Å². The van der Waals surface area contributed by atoms with Crippen molar-refractivity contribution in [3.63, 3.8) is 0 Å². The van der Waals surface area contributed by atoms with E-state index in [1.54, 1.807) is 0 Å². The average molecular weight is 213 g/mol. The number of hydrogen-bond donors (Lipinski definition) is 1. The fourth-order valence-electron chi connectivity index (χ4n) is 2.51. The normalized spacial score (nSPS) is 36.5. The molecule has 0 bridgehead atoms. The summed E-state index contributed by atoms with van der Waals surface area (Å²) >= 11 is 0. The Morgan fingerprint density at radius 2 is 2.20 bits per heavy atom. The van der Waals surface area contributed by atoms with E-state index in [1.165, 1.54) is 7.11 Å². The number of carbonyl (C=O) groups is 1. The van der Waals surface area contributed by atoms with E-state index in [-0.39, 0.29) is 17.6 Å². The summed E-state index contributed by atoms with van der Waals surface area (Å²) in [6, 6.07) is 0. The van der Waals surface area contributed by atoms with Crippen LogP contribution >= 0.6 is 0 Å². The lowest BCUT2D eigenvalue weighted by Gasteiger charge is -2.42.